The zero-order valence-electron chi connectivity index (χ0n) is 15.5. The number of nitrogens with one attached hydrogen (secondary N) is 1. The summed E-state index contributed by atoms with van der Waals surface area (Å²) in [5, 5.41) is 7.52. The van der Waals surface area contributed by atoms with E-state index in [1.807, 2.05) is 19.1 Å². The standard InChI is InChI=1S/C20H22N4O3/c1-12-9-16(18-13(2)24-27-20(18)23-12)19(25)22-11-14-7-8-21-17(10-14)26-15-5-3-4-6-15/h7-10,15H,3-6,11H2,1-2H3,(H,22,25). The summed E-state index contributed by atoms with van der Waals surface area (Å²) in [7, 11) is 0. The van der Waals surface area contributed by atoms with Crippen LogP contribution in [0.25, 0.3) is 11.1 Å². The normalized spacial score (nSPS) is 14.6. The predicted molar refractivity (Wildman–Crippen MR) is 99.6 cm³/mol. The zero-order chi connectivity index (χ0) is 18.8. The van der Waals surface area contributed by atoms with E-state index in [0.717, 1.165) is 18.4 Å². The monoisotopic (exact) mass is 366 g/mol. The Labute approximate surface area is 157 Å². The number of carbonyl (C=O) groups is 1. The van der Waals surface area contributed by atoms with Gasteiger partial charge in [0.05, 0.1) is 16.6 Å². The molecule has 0 saturated heterocycles. The van der Waals surface area contributed by atoms with Crippen molar-refractivity contribution in [2.24, 2.45) is 0 Å². The van der Waals surface area contributed by atoms with E-state index in [2.05, 4.69) is 20.4 Å². The van der Waals surface area contributed by atoms with Crippen molar-refractivity contribution in [3.8, 4) is 5.88 Å². The Kier molecular flexibility index (Phi) is 4.75. The average molecular weight is 366 g/mol. The fourth-order valence-corrected chi connectivity index (χ4v) is 3.48. The number of amides is 1. The van der Waals surface area contributed by atoms with Crippen LogP contribution in [-0.4, -0.2) is 27.1 Å². The number of aryl methyl sites for hydroxylation is 2. The van der Waals surface area contributed by atoms with Gasteiger partial charge in [0.1, 0.15) is 6.10 Å². The maximum Gasteiger partial charge on any atom is 0.258 e. The number of pyridine rings is 2. The van der Waals surface area contributed by atoms with Crippen molar-refractivity contribution in [1.29, 1.82) is 0 Å². The molecule has 0 aromatic carbocycles. The first-order valence-corrected chi connectivity index (χ1v) is 9.23. The second-order valence-electron chi connectivity index (χ2n) is 6.97. The Morgan fingerprint density at radius 2 is 2.11 bits per heavy atom. The number of ether oxygens (including phenoxy) is 1. The lowest BCUT2D eigenvalue weighted by atomic mass is 10.1. The zero-order valence-corrected chi connectivity index (χ0v) is 15.5. The van der Waals surface area contributed by atoms with E-state index in [4.69, 9.17) is 9.26 Å². The van der Waals surface area contributed by atoms with E-state index in [1.54, 1.807) is 19.2 Å². The van der Waals surface area contributed by atoms with Crippen molar-refractivity contribution in [3.05, 3.63) is 46.9 Å². The summed E-state index contributed by atoms with van der Waals surface area (Å²) in [5.41, 5.74) is 3.20. The molecule has 0 atom stereocenters. The maximum absolute atomic E-state index is 12.7. The summed E-state index contributed by atoms with van der Waals surface area (Å²) in [4.78, 5) is 21.3. The van der Waals surface area contributed by atoms with Gasteiger partial charge < -0.3 is 14.6 Å². The highest BCUT2D eigenvalue weighted by atomic mass is 16.5. The van der Waals surface area contributed by atoms with Crippen LogP contribution in [0.4, 0.5) is 0 Å². The number of fused-ring (bicyclic) bond motifs is 1. The molecule has 27 heavy (non-hydrogen) atoms. The number of aromatic nitrogens is 3. The third kappa shape index (κ3) is 3.77. The van der Waals surface area contributed by atoms with Gasteiger partial charge in [-0.05, 0) is 57.2 Å². The first-order valence-electron chi connectivity index (χ1n) is 9.23. The first kappa shape index (κ1) is 17.5. The number of hydrogen-bond donors (Lipinski definition) is 1. The molecule has 1 N–H and O–H groups in total. The second-order valence-corrected chi connectivity index (χ2v) is 6.97. The lowest BCUT2D eigenvalue weighted by molar-refractivity contribution is 0.0952. The molecule has 0 unspecified atom stereocenters. The van der Waals surface area contributed by atoms with E-state index in [-0.39, 0.29) is 12.0 Å². The number of rotatable bonds is 5. The molecular weight excluding hydrogens is 344 g/mol. The molecule has 1 fully saturated rings. The number of nitrogens with zero attached hydrogens (tertiary/aromatic N) is 3. The third-order valence-electron chi connectivity index (χ3n) is 4.83. The number of carbonyl (C=O) groups excluding carboxylic acids is 1. The van der Waals surface area contributed by atoms with Gasteiger partial charge in [-0.2, -0.15) is 0 Å². The minimum Gasteiger partial charge on any atom is -0.474 e. The molecule has 1 saturated carbocycles. The summed E-state index contributed by atoms with van der Waals surface area (Å²) in [6.07, 6.45) is 6.55. The van der Waals surface area contributed by atoms with Crippen molar-refractivity contribution >= 4 is 17.0 Å². The lowest BCUT2D eigenvalue weighted by Gasteiger charge is -2.13. The molecule has 0 radical (unpaired) electrons. The largest absolute Gasteiger partial charge is 0.474 e. The van der Waals surface area contributed by atoms with Crippen molar-refractivity contribution < 1.29 is 14.1 Å². The Morgan fingerprint density at radius 1 is 1.30 bits per heavy atom. The van der Waals surface area contributed by atoms with Crippen LogP contribution >= 0.6 is 0 Å². The van der Waals surface area contributed by atoms with Crippen LogP contribution in [-0.2, 0) is 6.54 Å². The van der Waals surface area contributed by atoms with E-state index in [0.29, 0.717) is 40.5 Å². The van der Waals surface area contributed by atoms with E-state index < -0.39 is 0 Å². The van der Waals surface area contributed by atoms with Crippen LogP contribution in [0, 0.1) is 13.8 Å². The fraction of sp³-hybridized carbons (Fsp3) is 0.400. The van der Waals surface area contributed by atoms with Crippen LogP contribution in [0.2, 0.25) is 0 Å². The Hall–Kier alpha value is -2.96. The average Bonchev–Trinajstić information content (AvgIpc) is 3.29. The molecule has 0 spiro atoms. The Morgan fingerprint density at radius 3 is 2.93 bits per heavy atom. The lowest BCUT2D eigenvalue weighted by Crippen LogP contribution is -2.23. The number of hydrogen-bond acceptors (Lipinski definition) is 6. The Bertz CT molecular complexity index is 977. The van der Waals surface area contributed by atoms with Crippen LogP contribution in [0.5, 0.6) is 5.88 Å². The highest BCUT2D eigenvalue weighted by Gasteiger charge is 2.19. The van der Waals surface area contributed by atoms with Gasteiger partial charge in [-0.1, -0.05) is 5.16 Å². The smallest absolute Gasteiger partial charge is 0.258 e. The summed E-state index contributed by atoms with van der Waals surface area (Å²) in [6.45, 7) is 4.01. The molecule has 1 aliphatic carbocycles. The highest BCUT2D eigenvalue weighted by molar-refractivity contribution is 6.05. The molecular formula is C20H22N4O3. The molecule has 7 nitrogen and oxygen atoms in total. The fourth-order valence-electron chi connectivity index (χ4n) is 3.48. The molecule has 140 valence electrons. The first-order chi connectivity index (χ1) is 13.1. The minimum absolute atomic E-state index is 0.188. The van der Waals surface area contributed by atoms with Gasteiger partial charge in [0.25, 0.3) is 11.6 Å². The topological polar surface area (TPSA) is 90.1 Å². The van der Waals surface area contributed by atoms with Gasteiger partial charge in [-0.3, -0.25) is 4.79 Å². The molecule has 0 bridgehead atoms. The van der Waals surface area contributed by atoms with Crippen molar-refractivity contribution in [3.63, 3.8) is 0 Å². The van der Waals surface area contributed by atoms with Crippen LogP contribution in [0.1, 0.15) is 53.0 Å². The van der Waals surface area contributed by atoms with Gasteiger partial charge in [-0.15, -0.1) is 0 Å². The van der Waals surface area contributed by atoms with Crippen LogP contribution in [0.15, 0.2) is 28.9 Å². The van der Waals surface area contributed by atoms with E-state index >= 15 is 0 Å². The third-order valence-corrected chi connectivity index (χ3v) is 4.83. The van der Waals surface area contributed by atoms with E-state index in [9.17, 15) is 4.79 Å². The van der Waals surface area contributed by atoms with Gasteiger partial charge >= 0.3 is 0 Å². The van der Waals surface area contributed by atoms with Gasteiger partial charge in [0, 0.05) is 24.5 Å². The van der Waals surface area contributed by atoms with Gasteiger partial charge in [0.15, 0.2) is 0 Å². The van der Waals surface area contributed by atoms with Crippen LogP contribution in [0.3, 0.4) is 0 Å². The quantitative estimate of drug-likeness (QED) is 0.743. The molecule has 3 aromatic heterocycles. The molecule has 3 heterocycles. The van der Waals surface area contributed by atoms with Crippen molar-refractivity contribution in [2.75, 3.05) is 0 Å². The second kappa shape index (κ2) is 7.34. The highest BCUT2D eigenvalue weighted by Crippen LogP contribution is 2.24. The van der Waals surface area contributed by atoms with Crippen LogP contribution < -0.4 is 10.1 Å². The summed E-state index contributed by atoms with van der Waals surface area (Å²) >= 11 is 0. The SMILES string of the molecule is Cc1cc(C(=O)NCc2ccnc(OC3CCCC3)c2)c2c(C)noc2n1. The van der Waals surface area contributed by atoms with Gasteiger partial charge in [-0.25, -0.2) is 9.97 Å². The Balaban J connectivity index is 1.47. The molecule has 1 aliphatic rings. The van der Waals surface area contributed by atoms with Crippen molar-refractivity contribution in [1.82, 2.24) is 20.4 Å². The molecule has 3 aromatic rings. The van der Waals surface area contributed by atoms with Gasteiger partial charge in [0.2, 0.25) is 5.88 Å². The van der Waals surface area contributed by atoms with Crippen molar-refractivity contribution in [2.45, 2.75) is 52.2 Å². The molecule has 0 aliphatic heterocycles. The summed E-state index contributed by atoms with van der Waals surface area (Å²) in [6, 6.07) is 5.51. The molecule has 1 amide bonds. The molecule has 4 rings (SSSR count). The maximum atomic E-state index is 12.7. The summed E-state index contributed by atoms with van der Waals surface area (Å²) in [5.74, 6) is 0.428. The minimum atomic E-state index is -0.188. The van der Waals surface area contributed by atoms with E-state index in [1.165, 1.54) is 12.8 Å². The predicted octanol–water partition coefficient (Wildman–Crippen LogP) is 3.49. The summed E-state index contributed by atoms with van der Waals surface area (Å²) < 4.78 is 11.1. The molecule has 7 heteroatoms.